The van der Waals surface area contributed by atoms with E-state index >= 15 is 0 Å². The van der Waals surface area contributed by atoms with Gasteiger partial charge in [-0.25, -0.2) is 9.97 Å². The van der Waals surface area contributed by atoms with E-state index in [1.165, 1.54) is 12.0 Å². The van der Waals surface area contributed by atoms with E-state index in [1.54, 1.807) is 17.5 Å². The molecule has 1 aromatic rings. The van der Waals surface area contributed by atoms with Gasteiger partial charge in [-0.2, -0.15) is 0 Å². The standard InChI is InChI=1S/C18H18N4OS/c19-17(23)16-14(15-9-12-5-4-6-13(12)11-24-15)10-20-18(21-16)22-7-2-1-3-8-22/h4-6,9-11H,1-3,7-8H2,(H2,19,23). The third-order valence-corrected chi connectivity index (χ3v) is 5.36. The van der Waals surface area contributed by atoms with Gasteiger partial charge in [0.1, 0.15) is 5.69 Å². The second kappa shape index (κ2) is 6.20. The fraction of sp³-hybridized carbons (Fsp3) is 0.278. The number of aromatic nitrogens is 2. The van der Waals surface area contributed by atoms with Crippen molar-refractivity contribution in [3.05, 3.63) is 41.5 Å². The van der Waals surface area contributed by atoms with Crippen LogP contribution in [-0.2, 0) is 0 Å². The van der Waals surface area contributed by atoms with Crippen LogP contribution in [0.3, 0.4) is 0 Å². The summed E-state index contributed by atoms with van der Waals surface area (Å²) in [6, 6.07) is 8.21. The molecule has 1 aliphatic carbocycles. The van der Waals surface area contributed by atoms with Crippen molar-refractivity contribution in [2.45, 2.75) is 19.3 Å². The van der Waals surface area contributed by atoms with Gasteiger partial charge >= 0.3 is 0 Å². The quantitative estimate of drug-likeness (QED) is 0.794. The maximum absolute atomic E-state index is 12.0. The Labute approximate surface area is 144 Å². The molecule has 0 atom stereocenters. The molecule has 5 nitrogen and oxygen atoms in total. The summed E-state index contributed by atoms with van der Waals surface area (Å²) in [7, 11) is 0. The molecule has 1 amide bonds. The average molecular weight is 338 g/mol. The van der Waals surface area contributed by atoms with Crippen LogP contribution in [0.5, 0.6) is 0 Å². The maximum atomic E-state index is 12.0. The molecule has 0 saturated carbocycles. The topological polar surface area (TPSA) is 72.1 Å². The Hall–Kier alpha value is -2.47. The number of primary amides is 1. The third kappa shape index (κ3) is 2.73. The average Bonchev–Trinajstić information content (AvgIpc) is 3.09. The van der Waals surface area contributed by atoms with Crippen molar-refractivity contribution in [1.82, 2.24) is 9.97 Å². The van der Waals surface area contributed by atoms with Gasteiger partial charge in [-0.15, -0.1) is 11.3 Å². The van der Waals surface area contributed by atoms with E-state index in [1.807, 2.05) is 6.07 Å². The third-order valence-electron chi connectivity index (χ3n) is 4.40. The lowest BCUT2D eigenvalue weighted by molar-refractivity contribution is 0.0996. The van der Waals surface area contributed by atoms with Crippen molar-refractivity contribution < 1.29 is 4.79 Å². The molecule has 0 bridgehead atoms. The molecular formula is C18H18N4OS. The molecule has 0 unspecified atom stereocenters. The number of amides is 1. The van der Waals surface area contributed by atoms with Crippen molar-refractivity contribution >= 4 is 23.2 Å². The maximum Gasteiger partial charge on any atom is 0.268 e. The number of piperidine rings is 1. The molecule has 0 aromatic carbocycles. The second-order valence-electron chi connectivity index (χ2n) is 6.03. The Morgan fingerprint density at radius 2 is 1.96 bits per heavy atom. The van der Waals surface area contributed by atoms with E-state index in [9.17, 15) is 4.79 Å². The monoisotopic (exact) mass is 338 g/mol. The lowest BCUT2D eigenvalue weighted by Gasteiger charge is -2.26. The first-order valence-corrected chi connectivity index (χ1v) is 9.00. The normalized spacial score (nSPS) is 14.9. The smallest absolute Gasteiger partial charge is 0.268 e. The Bertz CT molecular complexity index is 854. The molecule has 4 rings (SSSR count). The van der Waals surface area contributed by atoms with Crippen LogP contribution in [0, 0.1) is 0 Å². The van der Waals surface area contributed by atoms with E-state index in [0.717, 1.165) is 36.4 Å². The minimum atomic E-state index is -0.513. The number of hydrogen-bond acceptors (Lipinski definition) is 5. The first kappa shape index (κ1) is 15.1. The summed E-state index contributed by atoms with van der Waals surface area (Å²) in [6.45, 7) is 1.86. The Kier molecular flexibility index (Phi) is 3.90. The van der Waals surface area contributed by atoms with Gasteiger partial charge in [0.2, 0.25) is 5.95 Å². The first-order chi connectivity index (χ1) is 11.7. The molecule has 3 heterocycles. The largest absolute Gasteiger partial charge is 0.364 e. The van der Waals surface area contributed by atoms with Gasteiger partial charge in [0.25, 0.3) is 5.91 Å². The lowest BCUT2D eigenvalue weighted by Crippen LogP contribution is -2.31. The van der Waals surface area contributed by atoms with Crippen LogP contribution < -0.4 is 10.6 Å². The summed E-state index contributed by atoms with van der Waals surface area (Å²) in [5.41, 5.74) is 8.93. The molecule has 122 valence electrons. The molecular weight excluding hydrogens is 320 g/mol. The van der Waals surface area contributed by atoms with Gasteiger partial charge in [0.05, 0.1) is 0 Å². The van der Waals surface area contributed by atoms with E-state index in [2.05, 4.69) is 38.4 Å². The zero-order chi connectivity index (χ0) is 16.5. The Morgan fingerprint density at radius 1 is 1.17 bits per heavy atom. The highest BCUT2D eigenvalue weighted by Gasteiger charge is 2.19. The van der Waals surface area contributed by atoms with Crippen molar-refractivity contribution in [2.24, 2.45) is 5.73 Å². The van der Waals surface area contributed by atoms with Crippen molar-refractivity contribution in [3.63, 3.8) is 0 Å². The van der Waals surface area contributed by atoms with Crippen LogP contribution >= 0.6 is 11.3 Å². The molecule has 0 spiro atoms. The molecule has 24 heavy (non-hydrogen) atoms. The van der Waals surface area contributed by atoms with Crippen LogP contribution in [-0.4, -0.2) is 29.0 Å². The molecule has 1 saturated heterocycles. The number of anilines is 1. The molecule has 3 aliphatic rings. The highest BCUT2D eigenvalue weighted by Crippen LogP contribution is 2.34. The molecule has 1 fully saturated rings. The van der Waals surface area contributed by atoms with Gasteiger partial charge in [0, 0.05) is 29.7 Å². The van der Waals surface area contributed by atoms with Crippen molar-refractivity contribution in [3.8, 4) is 21.6 Å². The van der Waals surface area contributed by atoms with Gasteiger partial charge in [-0.3, -0.25) is 4.79 Å². The summed E-state index contributed by atoms with van der Waals surface area (Å²) < 4.78 is 0. The van der Waals surface area contributed by atoms with Crippen molar-refractivity contribution in [2.75, 3.05) is 18.0 Å². The fourth-order valence-corrected chi connectivity index (χ4v) is 4.06. The highest BCUT2D eigenvalue weighted by molar-refractivity contribution is 7.13. The predicted molar refractivity (Wildman–Crippen MR) is 96.5 cm³/mol. The molecule has 2 N–H and O–H groups in total. The molecule has 0 radical (unpaired) electrons. The number of carbonyl (C=O) groups excluding carboxylic acids is 1. The van der Waals surface area contributed by atoms with Crippen LogP contribution in [0.1, 0.15) is 29.8 Å². The van der Waals surface area contributed by atoms with Gasteiger partial charge in [-0.05, 0) is 41.8 Å². The minimum Gasteiger partial charge on any atom is -0.364 e. The Morgan fingerprint density at radius 3 is 2.75 bits per heavy atom. The number of nitrogens with two attached hydrogens (primary N) is 1. The lowest BCUT2D eigenvalue weighted by atomic mass is 10.1. The SMILES string of the molecule is NC(=O)c1nc(N2CCCCC2)ncc1-c1cc2cccc-2cs1. The van der Waals surface area contributed by atoms with Gasteiger partial charge < -0.3 is 10.6 Å². The number of rotatable bonds is 3. The minimum absolute atomic E-state index is 0.299. The molecule has 1 aromatic heterocycles. The van der Waals surface area contributed by atoms with Crippen molar-refractivity contribution in [1.29, 1.82) is 0 Å². The summed E-state index contributed by atoms with van der Waals surface area (Å²) in [6.07, 6.45) is 5.23. The van der Waals surface area contributed by atoms with E-state index < -0.39 is 5.91 Å². The zero-order valence-electron chi connectivity index (χ0n) is 13.2. The zero-order valence-corrected chi connectivity index (χ0v) is 14.1. The summed E-state index contributed by atoms with van der Waals surface area (Å²) in [4.78, 5) is 24.0. The van der Waals surface area contributed by atoms with E-state index in [-0.39, 0.29) is 0 Å². The summed E-state index contributed by atoms with van der Waals surface area (Å²) >= 11 is 1.57. The number of nitrogens with zero attached hydrogens (tertiary/aromatic N) is 3. The number of carbonyl (C=O) groups is 1. The van der Waals surface area contributed by atoms with Crippen LogP contribution in [0.2, 0.25) is 0 Å². The molecule has 2 aliphatic heterocycles. The van der Waals surface area contributed by atoms with Crippen LogP contribution in [0.15, 0.2) is 35.8 Å². The van der Waals surface area contributed by atoms with Gasteiger partial charge in [-0.1, -0.05) is 18.2 Å². The number of hydrogen-bond donors (Lipinski definition) is 1. The number of fused-ring (bicyclic) bond motifs is 1. The molecule has 6 heteroatoms. The summed E-state index contributed by atoms with van der Waals surface area (Å²) in [5.74, 6) is 0.0899. The van der Waals surface area contributed by atoms with Gasteiger partial charge in [0.15, 0.2) is 0 Å². The second-order valence-corrected chi connectivity index (χ2v) is 6.94. The summed E-state index contributed by atoms with van der Waals surface area (Å²) in [5, 5.41) is 2.08. The first-order valence-electron chi connectivity index (χ1n) is 8.12. The highest BCUT2D eigenvalue weighted by atomic mass is 32.1. The Balaban J connectivity index is 1.77. The van der Waals surface area contributed by atoms with Crippen LogP contribution in [0.4, 0.5) is 5.95 Å². The van der Waals surface area contributed by atoms with Crippen LogP contribution in [0.25, 0.3) is 21.6 Å². The predicted octanol–water partition coefficient (Wildman–Crippen LogP) is 3.40. The fourth-order valence-electron chi connectivity index (χ4n) is 3.12. The van der Waals surface area contributed by atoms with E-state index in [4.69, 9.17) is 5.73 Å². The van der Waals surface area contributed by atoms with E-state index in [0.29, 0.717) is 17.2 Å².